The molecule has 1 amide bonds. The van der Waals surface area contributed by atoms with Crippen molar-refractivity contribution in [3.8, 4) is 5.75 Å². The zero-order valence-corrected chi connectivity index (χ0v) is 15.2. The Kier molecular flexibility index (Phi) is 6.13. The van der Waals surface area contributed by atoms with Crippen molar-refractivity contribution >= 4 is 27.6 Å². The number of rotatable bonds is 6. The normalized spacial score (nSPS) is 12.1. The number of primary sulfonamides is 1. The zero-order valence-electron chi connectivity index (χ0n) is 14.4. The van der Waals surface area contributed by atoms with Gasteiger partial charge in [0.2, 0.25) is 10.0 Å². The molecule has 10 heteroatoms. The monoisotopic (exact) mass is 396 g/mol. The number of amides is 1. The summed E-state index contributed by atoms with van der Waals surface area (Å²) in [6, 6.07) is 8.60. The largest absolute Gasteiger partial charge is 0.496 e. The third-order valence-electron chi connectivity index (χ3n) is 3.46. The summed E-state index contributed by atoms with van der Waals surface area (Å²) in [6.07, 6.45) is -1.25. The first-order valence-electron chi connectivity index (χ1n) is 7.60. The van der Waals surface area contributed by atoms with Crippen LogP contribution in [-0.2, 0) is 19.6 Å². The molecular weight excluding hydrogens is 379 g/mol. The van der Waals surface area contributed by atoms with Gasteiger partial charge in [-0.25, -0.2) is 22.7 Å². The number of carbonyl (C=O) groups excluding carboxylic acids is 2. The topological polar surface area (TPSA) is 125 Å². The molecule has 27 heavy (non-hydrogen) atoms. The Morgan fingerprint density at radius 2 is 1.89 bits per heavy atom. The number of methoxy groups -OCH3 is 1. The maximum atomic E-state index is 13.2. The van der Waals surface area contributed by atoms with Crippen LogP contribution in [0.2, 0.25) is 0 Å². The summed E-state index contributed by atoms with van der Waals surface area (Å²) in [5.74, 6) is -2.18. The van der Waals surface area contributed by atoms with Crippen LogP contribution in [-0.4, -0.2) is 33.5 Å². The Balaban J connectivity index is 2.17. The van der Waals surface area contributed by atoms with Crippen LogP contribution in [0.5, 0.6) is 5.75 Å². The summed E-state index contributed by atoms with van der Waals surface area (Å²) in [5.41, 5.74) is -0.0221. The van der Waals surface area contributed by atoms with Crippen LogP contribution >= 0.6 is 0 Å². The summed E-state index contributed by atoms with van der Waals surface area (Å²) < 4.78 is 46.1. The second kappa shape index (κ2) is 8.14. The summed E-state index contributed by atoms with van der Waals surface area (Å²) in [4.78, 5) is 24.1. The van der Waals surface area contributed by atoms with E-state index in [9.17, 15) is 22.4 Å². The number of sulfonamides is 1. The van der Waals surface area contributed by atoms with Gasteiger partial charge in [0, 0.05) is 5.69 Å². The quantitative estimate of drug-likeness (QED) is 0.716. The van der Waals surface area contributed by atoms with E-state index >= 15 is 0 Å². The maximum Gasteiger partial charge on any atom is 0.342 e. The molecule has 0 spiro atoms. The van der Waals surface area contributed by atoms with E-state index in [1.165, 1.54) is 44.4 Å². The molecule has 8 nitrogen and oxygen atoms in total. The van der Waals surface area contributed by atoms with Crippen molar-refractivity contribution in [2.24, 2.45) is 5.14 Å². The van der Waals surface area contributed by atoms with E-state index in [2.05, 4.69) is 5.32 Å². The molecule has 3 N–H and O–H groups in total. The Morgan fingerprint density at radius 1 is 1.19 bits per heavy atom. The van der Waals surface area contributed by atoms with Crippen LogP contribution in [0.3, 0.4) is 0 Å². The van der Waals surface area contributed by atoms with Gasteiger partial charge in [0.25, 0.3) is 5.91 Å². The first kappa shape index (κ1) is 20.3. The SMILES string of the molecule is COc1ccc(S(N)(=O)=O)cc1C(=O)O[C@H](C)C(=O)Nc1cccc(F)c1. The summed E-state index contributed by atoms with van der Waals surface area (Å²) in [6.45, 7) is 1.31. The summed E-state index contributed by atoms with van der Waals surface area (Å²) in [7, 11) is -2.77. The third kappa shape index (κ3) is 5.25. The molecule has 0 aliphatic rings. The molecule has 0 bridgehead atoms. The third-order valence-corrected chi connectivity index (χ3v) is 4.38. The molecule has 0 saturated carbocycles. The van der Waals surface area contributed by atoms with Gasteiger partial charge < -0.3 is 14.8 Å². The lowest BCUT2D eigenvalue weighted by Crippen LogP contribution is -2.30. The van der Waals surface area contributed by atoms with Crippen LogP contribution in [0.15, 0.2) is 47.4 Å². The van der Waals surface area contributed by atoms with E-state index < -0.39 is 33.8 Å². The van der Waals surface area contributed by atoms with Gasteiger partial charge >= 0.3 is 5.97 Å². The highest BCUT2D eigenvalue weighted by Crippen LogP contribution is 2.23. The van der Waals surface area contributed by atoms with Gasteiger partial charge in [0.05, 0.1) is 12.0 Å². The van der Waals surface area contributed by atoms with E-state index in [-0.39, 0.29) is 21.9 Å². The first-order chi connectivity index (χ1) is 12.6. The minimum atomic E-state index is -4.05. The summed E-state index contributed by atoms with van der Waals surface area (Å²) in [5, 5.41) is 7.45. The average molecular weight is 396 g/mol. The predicted octanol–water partition coefficient (Wildman–Crippen LogP) is 1.67. The number of hydrogen-bond donors (Lipinski definition) is 2. The standard InChI is InChI=1S/C17H17FN2O6S/c1-10(16(21)20-12-5-3-4-11(18)8-12)26-17(22)14-9-13(27(19,23)24)6-7-15(14)25-2/h3-10H,1-2H3,(H,20,21)(H2,19,23,24)/t10-/m1/s1. The van der Waals surface area contributed by atoms with Gasteiger partial charge in [0.1, 0.15) is 17.1 Å². The van der Waals surface area contributed by atoms with Gasteiger partial charge in [-0.1, -0.05) is 6.07 Å². The molecule has 0 aromatic heterocycles. The van der Waals surface area contributed by atoms with E-state index in [0.717, 1.165) is 12.1 Å². The van der Waals surface area contributed by atoms with Crippen LogP contribution in [0.25, 0.3) is 0 Å². The molecule has 2 aromatic carbocycles. The second-order valence-corrected chi connectivity index (χ2v) is 7.02. The fraction of sp³-hybridized carbons (Fsp3) is 0.176. The molecule has 1 atom stereocenters. The van der Waals surface area contributed by atoms with E-state index in [4.69, 9.17) is 14.6 Å². The summed E-state index contributed by atoms with van der Waals surface area (Å²) >= 11 is 0. The number of ether oxygens (including phenoxy) is 2. The Hall–Kier alpha value is -2.98. The molecule has 0 heterocycles. The van der Waals surface area contributed by atoms with Crippen molar-refractivity contribution in [3.05, 3.63) is 53.8 Å². The van der Waals surface area contributed by atoms with Gasteiger partial charge in [-0.15, -0.1) is 0 Å². The molecule has 2 aromatic rings. The first-order valence-corrected chi connectivity index (χ1v) is 9.14. The minimum Gasteiger partial charge on any atom is -0.496 e. The van der Waals surface area contributed by atoms with Gasteiger partial charge in [0.15, 0.2) is 6.10 Å². The molecule has 0 aliphatic carbocycles. The fourth-order valence-electron chi connectivity index (χ4n) is 2.11. The maximum absolute atomic E-state index is 13.2. The smallest absolute Gasteiger partial charge is 0.342 e. The van der Waals surface area contributed by atoms with E-state index in [1.807, 2.05) is 0 Å². The van der Waals surface area contributed by atoms with Gasteiger partial charge in [-0.3, -0.25) is 4.79 Å². The van der Waals surface area contributed by atoms with Gasteiger partial charge in [-0.2, -0.15) is 0 Å². The molecule has 0 radical (unpaired) electrons. The van der Waals surface area contributed by atoms with E-state index in [0.29, 0.717) is 0 Å². The minimum absolute atomic E-state index is 0.0464. The number of anilines is 1. The second-order valence-electron chi connectivity index (χ2n) is 5.45. The number of nitrogens with one attached hydrogen (secondary N) is 1. The van der Waals surface area contributed by atoms with Crippen molar-refractivity contribution in [2.75, 3.05) is 12.4 Å². The van der Waals surface area contributed by atoms with Crippen LogP contribution < -0.4 is 15.2 Å². The lowest BCUT2D eigenvalue weighted by atomic mass is 10.2. The Labute approximate surface area is 155 Å². The molecule has 0 saturated heterocycles. The van der Waals surface area contributed by atoms with Crippen molar-refractivity contribution in [2.45, 2.75) is 17.9 Å². The van der Waals surface area contributed by atoms with E-state index in [1.54, 1.807) is 0 Å². The number of halogens is 1. The zero-order chi connectivity index (χ0) is 20.2. The van der Waals surface area contributed by atoms with Crippen molar-refractivity contribution in [1.82, 2.24) is 0 Å². The predicted molar refractivity (Wildman–Crippen MR) is 94.3 cm³/mol. The Bertz CT molecular complexity index is 977. The lowest BCUT2D eigenvalue weighted by Gasteiger charge is -2.15. The molecular formula is C17H17FN2O6S. The molecule has 2 rings (SSSR count). The fourth-order valence-corrected chi connectivity index (χ4v) is 2.65. The van der Waals surface area contributed by atoms with Crippen molar-refractivity contribution < 1.29 is 31.9 Å². The molecule has 0 unspecified atom stereocenters. The van der Waals surface area contributed by atoms with Crippen LogP contribution in [0.1, 0.15) is 17.3 Å². The highest BCUT2D eigenvalue weighted by atomic mass is 32.2. The number of benzene rings is 2. The number of esters is 1. The van der Waals surface area contributed by atoms with Crippen molar-refractivity contribution in [3.63, 3.8) is 0 Å². The van der Waals surface area contributed by atoms with Crippen molar-refractivity contribution in [1.29, 1.82) is 0 Å². The Morgan fingerprint density at radius 3 is 2.48 bits per heavy atom. The number of carbonyl (C=O) groups is 2. The van der Waals surface area contributed by atoms with Gasteiger partial charge in [-0.05, 0) is 43.3 Å². The number of nitrogens with two attached hydrogens (primary N) is 1. The lowest BCUT2D eigenvalue weighted by molar-refractivity contribution is -0.123. The highest BCUT2D eigenvalue weighted by molar-refractivity contribution is 7.89. The number of hydrogen-bond acceptors (Lipinski definition) is 6. The average Bonchev–Trinajstić information content (AvgIpc) is 2.60. The van der Waals surface area contributed by atoms with Crippen LogP contribution in [0.4, 0.5) is 10.1 Å². The molecule has 0 fully saturated rings. The highest BCUT2D eigenvalue weighted by Gasteiger charge is 2.23. The molecule has 0 aliphatic heterocycles. The van der Waals surface area contributed by atoms with Crippen LogP contribution in [0, 0.1) is 5.82 Å². The molecule has 144 valence electrons.